The van der Waals surface area contributed by atoms with Gasteiger partial charge >= 0.3 is 6.09 Å². The van der Waals surface area contributed by atoms with E-state index in [0.717, 1.165) is 38.6 Å². The van der Waals surface area contributed by atoms with Gasteiger partial charge in [0.2, 0.25) is 5.91 Å². The Morgan fingerprint density at radius 2 is 1.88 bits per heavy atom. The second kappa shape index (κ2) is 9.63. The Morgan fingerprint density at radius 3 is 2.53 bits per heavy atom. The number of nitrogens with one attached hydrogen (secondary N) is 2. The van der Waals surface area contributed by atoms with Gasteiger partial charge in [-0.25, -0.2) is 4.79 Å². The van der Waals surface area contributed by atoms with Crippen molar-refractivity contribution in [2.45, 2.75) is 85.3 Å². The molecule has 6 nitrogen and oxygen atoms in total. The number of hydrogen-bond donors (Lipinski definition) is 2. The monoisotopic (exact) mass is 467 g/mol. The first kappa shape index (κ1) is 24.6. The second-order valence-corrected chi connectivity index (χ2v) is 11.6. The third-order valence-corrected chi connectivity index (χ3v) is 7.37. The molecule has 34 heavy (non-hydrogen) atoms. The highest BCUT2D eigenvalue weighted by Gasteiger charge is 2.38. The SMILES string of the molecule is Cc1ccc2c3c([nH]c2c1)C(C(C)C)N(C(=O)C1CCC(CNC(=O)OC(C)(C)C)CC1)CC3. The predicted molar refractivity (Wildman–Crippen MR) is 136 cm³/mol. The molecule has 1 saturated carbocycles. The fourth-order valence-electron chi connectivity index (χ4n) is 5.77. The number of carbonyl (C=O) groups excluding carboxylic acids is 2. The first-order chi connectivity index (χ1) is 16.0. The number of aromatic amines is 1. The van der Waals surface area contributed by atoms with Gasteiger partial charge in [0.1, 0.15) is 5.60 Å². The summed E-state index contributed by atoms with van der Waals surface area (Å²) in [5.41, 5.74) is 4.56. The standard InChI is InChI=1S/C28H41N3O3/c1-17(2)25-24-22(21-12-7-18(3)15-23(21)30-24)13-14-31(25)26(32)20-10-8-19(9-11-20)16-29-27(33)34-28(4,5)6/h7,12,15,17,19-20,25,30H,8-11,13-14,16H2,1-6H3,(H,29,33). The number of H-pyrrole nitrogens is 1. The van der Waals surface area contributed by atoms with Gasteiger partial charge in [0, 0.05) is 35.6 Å². The lowest BCUT2D eigenvalue weighted by Crippen LogP contribution is -2.46. The molecule has 1 aromatic carbocycles. The van der Waals surface area contributed by atoms with Gasteiger partial charge in [-0.2, -0.15) is 0 Å². The smallest absolute Gasteiger partial charge is 0.407 e. The molecule has 1 unspecified atom stereocenters. The maximum absolute atomic E-state index is 13.7. The number of carbonyl (C=O) groups is 2. The number of rotatable bonds is 4. The lowest BCUT2D eigenvalue weighted by molar-refractivity contribution is -0.141. The van der Waals surface area contributed by atoms with E-state index in [4.69, 9.17) is 4.74 Å². The summed E-state index contributed by atoms with van der Waals surface area (Å²) in [4.78, 5) is 31.5. The largest absolute Gasteiger partial charge is 0.444 e. The number of ether oxygens (including phenoxy) is 1. The molecular weight excluding hydrogens is 426 g/mol. The van der Waals surface area contributed by atoms with Crippen molar-refractivity contribution in [3.63, 3.8) is 0 Å². The zero-order chi connectivity index (χ0) is 24.6. The van der Waals surface area contributed by atoms with Crippen molar-refractivity contribution in [3.05, 3.63) is 35.0 Å². The summed E-state index contributed by atoms with van der Waals surface area (Å²) in [6.07, 6.45) is 4.25. The van der Waals surface area contributed by atoms with Gasteiger partial charge in [-0.3, -0.25) is 4.79 Å². The Balaban J connectivity index is 1.40. The topological polar surface area (TPSA) is 74.4 Å². The minimum absolute atomic E-state index is 0.0761. The third kappa shape index (κ3) is 5.26. The van der Waals surface area contributed by atoms with Crippen LogP contribution in [-0.4, -0.2) is 40.6 Å². The lowest BCUT2D eigenvalue weighted by atomic mass is 9.80. The molecule has 6 heteroatoms. The van der Waals surface area contributed by atoms with Crippen LogP contribution in [-0.2, 0) is 16.0 Å². The van der Waals surface area contributed by atoms with E-state index in [2.05, 4.69) is 54.2 Å². The quantitative estimate of drug-likeness (QED) is 0.589. The number of nitrogens with zero attached hydrogens (tertiary/aromatic N) is 1. The van der Waals surface area contributed by atoms with Crippen molar-refractivity contribution in [1.29, 1.82) is 0 Å². The summed E-state index contributed by atoms with van der Waals surface area (Å²) < 4.78 is 5.34. The van der Waals surface area contributed by atoms with Crippen LogP contribution < -0.4 is 5.32 Å². The van der Waals surface area contributed by atoms with E-state index in [1.54, 1.807) is 0 Å². The van der Waals surface area contributed by atoms with Crippen molar-refractivity contribution in [2.24, 2.45) is 17.8 Å². The minimum atomic E-state index is -0.487. The summed E-state index contributed by atoms with van der Waals surface area (Å²) >= 11 is 0. The second-order valence-electron chi connectivity index (χ2n) is 11.6. The Morgan fingerprint density at radius 1 is 1.18 bits per heavy atom. The molecule has 1 aliphatic heterocycles. The summed E-state index contributed by atoms with van der Waals surface area (Å²) in [5, 5.41) is 4.21. The minimum Gasteiger partial charge on any atom is -0.444 e. The molecule has 2 aromatic rings. The lowest BCUT2D eigenvalue weighted by Gasteiger charge is -2.41. The fraction of sp³-hybridized carbons (Fsp3) is 0.643. The molecule has 1 aromatic heterocycles. The van der Waals surface area contributed by atoms with Crippen LogP contribution in [0, 0.1) is 24.7 Å². The molecule has 2 heterocycles. The van der Waals surface area contributed by atoms with Crippen molar-refractivity contribution in [3.8, 4) is 0 Å². The average Bonchev–Trinajstić information content (AvgIpc) is 3.12. The Hall–Kier alpha value is -2.50. The normalized spacial score (nSPS) is 23.1. The molecule has 0 spiro atoms. The van der Waals surface area contributed by atoms with Crippen LogP contribution in [0.1, 0.15) is 83.2 Å². The van der Waals surface area contributed by atoms with E-state index < -0.39 is 5.60 Å². The number of fused-ring (bicyclic) bond motifs is 3. The Kier molecular flexibility index (Phi) is 6.97. The van der Waals surface area contributed by atoms with Gasteiger partial charge in [-0.05, 0) is 88.8 Å². The van der Waals surface area contributed by atoms with Crippen molar-refractivity contribution < 1.29 is 14.3 Å². The zero-order valence-electron chi connectivity index (χ0n) is 21.7. The maximum atomic E-state index is 13.7. The van der Waals surface area contributed by atoms with E-state index in [1.807, 2.05) is 20.8 Å². The Labute approximate surface area is 203 Å². The molecule has 4 rings (SSSR count). The van der Waals surface area contributed by atoms with Gasteiger partial charge < -0.3 is 19.9 Å². The Bertz CT molecular complexity index is 1040. The van der Waals surface area contributed by atoms with Crippen molar-refractivity contribution >= 4 is 22.9 Å². The van der Waals surface area contributed by atoms with Crippen molar-refractivity contribution in [2.75, 3.05) is 13.1 Å². The molecule has 2 aliphatic rings. The first-order valence-electron chi connectivity index (χ1n) is 12.9. The van der Waals surface area contributed by atoms with Crippen LogP contribution >= 0.6 is 0 Å². The van der Waals surface area contributed by atoms with Crippen LogP contribution in [0.5, 0.6) is 0 Å². The third-order valence-electron chi connectivity index (χ3n) is 7.37. The highest BCUT2D eigenvalue weighted by molar-refractivity contribution is 5.87. The molecule has 2 amide bonds. The molecule has 0 saturated heterocycles. The molecule has 1 fully saturated rings. The van der Waals surface area contributed by atoms with Gasteiger partial charge in [0.05, 0.1) is 6.04 Å². The fourth-order valence-corrected chi connectivity index (χ4v) is 5.77. The first-order valence-corrected chi connectivity index (χ1v) is 12.9. The van der Waals surface area contributed by atoms with Gasteiger partial charge in [0.25, 0.3) is 0 Å². The number of benzene rings is 1. The van der Waals surface area contributed by atoms with Gasteiger partial charge in [-0.1, -0.05) is 26.0 Å². The molecule has 1 atom stereocenters. The molecule has 1 aliphatic carbocycles. The van der Waals surface area contributed by atoms with E-state index in [-0.39, 0.29) is 18.1 Å². The van der Waals surface area contributed by atoms with Crippen LogP contribution in [0.25, 0.3) is 10.9 Å². The summed E-state index contributed by atoms with van der Waals surface area (Å²) in [7, 11) is 0. The number of aryl methyl sites for hydroxylation is 1. The van der Waals surface area contributed by atoms with Crippen molar-refractivity contribution in [1.82, 2.24) is 15.2 Å². The molecule has 186 valence electrons. The highest BCUT2D eigenvalue weighted by Crippen LogP contribution is 2.41. The average molecular weight is 468 g/mol. The molecule has 0 bridgehead atoms. The van der Waals surface area contributed by atoms with E-state index in [1.165, 1.54) is 27.7 Å². The molecule has 2 N–H and O–H groups in total. The number of amides is 2. The molecular formula is C28H41N3O3. The molecule has 0 radical (unpaired) electrons. The summed E-state index contributed by atoms with van der Waals surface area (Å²) in [5.74, 6) is 1.12. The van der Waals surface area contributed by atoms with Crippen LogP contribution in [0.15, 0.2) is 18.2 Å². The van der Waals surface area contributed by atoms with Crippen LogP contribution in [0.4, 0.5) is 4.79 Å². The van der Waals surface area contributed by atoms with E-state index >= 15 is 0 Å². The maximum Gasteiger partial charge on any atom is 0.407 e. The van der Waals surface area contributed by atoms with Crippen LogP contribution in [0.3, 0.4) is 0 Å². The number of alkyl carbamates (subject to hydrolysis) is 1. The predicted octanol–water partition coefficient (Wildman–Crippen LogP) is 5.89. The van der Waals surface area contributed by atoms with E-state index in [9.17, 15) is 9.59 Å². The number of aromatic nitrogens is 1. The number of hydrogen-bond acceptors (Lipinski definition) is 3. The summed E-state index contributed by atoms with van der Waals surface area (Å²) in [6.45, 7) is 13.6. The zero-order valence-corrected chi connectivity index (χ0v) is 21.7. The van der Waals surface area contributed by atoms with Gasteiger partial charge in [0.15, 0.2) is 0 Å². The summed E-state index contributed by atoms with van der Waals surface area (Å²) in [6, 6.07) is 6.70. The van der Waals surface area contributed by atoms with E-state index in [0.29, 0.717) is 24.3 Å². The highest BCUT2D eigenvalue weighted by atomic mass is 16.6. The van der Waals surface area contributed by atoms with Crippen LogP contribution in [0.2, 0.25) is 0 Å². The van der Waals surface area contributed by atoms with Gasteiger partial charge in [-0.15, -0.1) is 0 Å².